The lowest BCUT2D eigenvalue weighted by Crippen LogP contribution is -2.52. The van der Waals surface area contributed by atoms with Gasteiger partial charge in [-0.2, -0.15) is 0 Å². The van der Waals surface area contributed by atoms with Gasteiger partial charge in [0.1, 0.15) is 6.04 Å². The van der Waals surface area contributed by atoms with Crippen LogP contribution in [0.1, 0.15) is 5.56 Å². The Hall–Kier alpha value is -3.47. The van der Waals surface area contributed by atoms with Crippen molar-refractivity contribution < 1.29 is 27.5 Å². The van der Waals surface area contributed by atoms with E-state index in [2.05, 4.69) is 5.32 Å². The summed E-state index contributed by atoms with van der Waals surface area (Å²) >= 11 is 11.8. The fourth-order valence-corrected chi connectivity index (χ4v) is 5.20. The van der Waals surface area contributed by atoms with Gasteiger partial charge in [0.05, 0.1) is 4.90 Å². The third-order valence-electron chi connectivity index (χ3n) is 5.33. The molecule has 1 aliphatic rings. The van der Waals surface area contributed by atoms with Gasteiger partial charge in [0.25, 0.3) is 10.0 Å². The van der Waals surface area contributed by atoms with E-state index in [-0.39, 0.29) is 28.2 Å². The second-order valence-corrected chi connectivity index (χ2v) is 10.4. The summed E-state index contributed by atoms with van der Waals surface area (Å²) in [6.07, 6.45) is 0.116. The number of nitrogens with zero attached hydrogens (tertiary/aromatic N) is 1. The number of hydrogen-bond donors (Lipinski definition) is 2. The number of amides is 3. The van der Waals surface area contributed by atoms with Crippen molar-refractivity contribution in [1.29, 1.82) is 0 Å². The third kappa shape index (κ3) is 6.01. The number of nitrogens with one attached hydrogen (secondary N) is 2. The minimum absolute atomic E-state index is 0.0844. The average Bonchev–Trinajstić information content (AvgIpc) is 3.30. The molecular weight excluding hydrogens is 529 g/mol. The quantitative estimate of drug-likeness (QED) is 0.460. The maximum atomic E-state index is 13.4. The van der Waals surface area contributed by atoms with E-state index in [9.17, 15) is 18.0 Å². The highest BCUT2D eigenvalue weighted by atomic mass is 35.5. The second kappa shape index (κ2) is 10.7. The number of hydrogen-bond acceptors (Lipinski definition) is 6. The van der Waals surface area contributed by atoms with Gasteiger partial charge in [-0.3, -0.25) is 4.79 Å². The Balaban J connectivity index is 1.55. The van der Waals surface area contributed by atoms with Crippen molar-refractivity contribution in [2.75, 3.05) is 18.7 Å². The summed E-state index contributed by atoms with van der Waals surface area (Å²) in [7, 11) is -2.77. The molecule has 0 saturated heterocycles. The third-order valence-corrected chi connectivity index (χ3v) is 7.08. The van der Waals surface area contributed by atoms with Crippen LogP contribution in [0.5, 0.6) is 11.5 Å². The summed E-state index contributed by atoms with van der Waals surface area (Å²) in [4.78, 5) is 27.2. The van der Waals surface area contributed by atoms with E-state index in [0.717, 1.165) is 17.7 Å². The number of urea groups is 1. The monoisotopic (exact) mass is 549 g/mol. The molecule has 0 aromatic heterocycles. The highest BCUT2D eigenvalue weighted by Crippen LogP contribution is 2.35. The maximum Gasteiger partial charge on any atom is 0.329 e. The van der Waals surface area contributed by atoms with Gasteiger partial charge >= 0.3 is 6.03 Å². The fourth-order valence-electron chi connectivity index (χ4n) is 3.56. The van der Waals surface area contributed by atoms with Gasteiger partial charge < -0.3 is 19.7 Å². The number of carbonyl (C=O) groups excluding carboxylic acids is 2. The van der Waals surface area contributed by atoms with Crippen molar-refractivity contribution in [3.63, 3.8) is 0 Å². The Morgan fingerprint density at radius 3 is 2.33 bits per heavy atom. The number of carbonyl (C=O) groups is 2. The van der Waals surface area contributed by atoms with Crippen molar-refractivity contribution >= 4 is 50.9 Å². The SMILES string of the molecule is CN(C(=O)C(Cc1ccccc1)NC(=O)NS(=O)(=O)c1cc(Cl)cc(Cl)c1)c1ccc2c(c1)OCO2. The van der Waals surface area contributed by atoms with Crippen LogP contribution >= 0.6 is 23.2 Å². The van der Waals surface area contributed by atoms with E-state index >= 15 is 0 Å². The zero-order chi connectivity index (χ0) is 25.9. The van der Waals surface area contributed by atoms with Crippen LogP contribution in [0.4, 0.5) is 10.5 Å². The molecule has 4 rings (SSSR count). The van der Waals surface area contributed by atoms with Crippen molar-refractivity contribution in [3.05, 3.63) is 82.3 Å². The first-order valence-electron chi connectivity index (χ1n) is 10.6. The van der Waals surface area contributed by atoms with E-state index in [4.69, 9.17) is 32.7 Å². The Kier molecular flexibility index (Phi) is 7.58. The van der Waals surface area contributed by atoms with Crippen LogP contribution in [-0.2, 0) is 21.2 Å². The molecule has 3 aromatic rings. The summed E-state index contributed by atoms with van der Waals surface area (Å²) in [5.74, 6) is 0.573. The Morgan fingerprint density at radius 2 is 1.64 bits per heavy atom. The van der Waals surface area contributed by atoms with Crippen LogP contribution < -0.4 is 24.4 Å². The number of rotatable bonds is 7. The summed E-state index contributed by atoms with van der Waals surface area (Å²) in [5, 5.41) is 2.66. The minimum Gasteiger partial charge on any atom is -0.454 e. The van der Waals surface area contributed by atoms with E-state index in [1.807, 2.05) is 10.8 Å². The Morgan fingerprint density at radius 1 is 0.972 bits per heavy atom. The summed E-state index contributed by atoms with van der Waals surface area (Å²) < 4.78 is 38.0. The molecule has 12 heteroatoms. The molecule has 0 aliphatic carbocycles. The zero-order valence-corrected chi connectivity index (χ0v) is 21.2. The normalized spacial score (nSPS) is 13.1. The van der Waals surface area contributed by atoms with E-state index in [1.54, 1.807) is 49.5 Å². The predicted octanol–water partition coefficient (Wildman–Crippen LogP) is 3.98. The van der Waals surface area contributed by atoms with E-state index in [0.29, 0.717) is 17.2 Å². The smallest absolute Gasteiger partial charge is 0.329 e. The summed E-state index contributed by atoms with van der Waals surface area (Å²) in [6.45, 7) is 0.0844. The number of fused-ring (bicyclic) bond motifs is 1. The number of sulfonamides is 1. The van der Waals surface area contributed by atoms with Crippen molar-refractivity contribution in [2.24, 2.45) is 0 Å². The van der Waals surface area contributed by atoms with Gasteiger partial charge in [-0.1, -0.05) is 53.5 Å². The molecule has 36 heavy (non-hydrogen) atoms. The van der Waals surface area contributed by atoms with Crippen LogP contribution in [0.2, 0.25) is 10.0 Å². The van der Waals surface area contributed by atoms with Crippen LogP contribution in [0.15, 0.2) is 71.6 Å². The first-order valence-corrected chi connectivity index (χ1v) is 12.9. The van der Waals surface area contributed by atoms with Crippen LogP contribution in [0, 0.1) is 0 Å². The number of likely N-dealkylation sites (N-methyl/N-ethyl adjacent to an activating group) is 1. The molecule has 1 heterocycles. The van der Waals surface area contributed by atoms with E-state index < -0.39 is 28.0 Å². The molecule has 0 radical (unpaired) electrons. The largest absolute Gasteiger partial charge is 0.454 e. The first-order chi connectivity index (χ1) is 17.1. The van der Waals surface area contributed by atoms with Crippen molar-refractivity contribution in [3.8, 4) is 11.5 Å². The van der Waals surface area contributed by atoms with Crippen molar-refractivity contribution in [1.82, 2.24) is 10.0 Å². The molecule has 1 aliphatic heterocycles. The highest BCUT2D eigenvalue weighted by molar-refractivity contribution is 7.90. The van der Waals surface area contributed by atoms with Crippen LogP contribution in [0.3, 0.4) is 0 Å². The van der Waals surface area contributed by atoms with E-state index in [1.165, 1.54) is 11.0 Å². The Labute approximate surface area is 218 Å². The fraction of sp³-hybridized carbons (Fsp3) is 0.167. The molecule has 0 saturated carbocycles. The zero-order valence-electron chi connectivity index (χ0n) is 18.9. The second-order valence-electron chi connectivity index (χ2n) is 7.86. The van der Waals surface area contributed by atoms with Gasteiger partial charge in [0.15, 0.2) is 11.5 Å². The molecule has 0 spiro atoms. The van der Waals surface area contributed by atoms with Crippen LogP contribution in [0.25, 0.3) is 0 Å². The molecule has 3 amide bonds. The maximum absolute atomic E-state index is 13.4. The van der Waals surface area contributed by atoms with Gasteiger partial charge in [-0.25, -0.2) is 17.9 Å². The van der Waals surface area contributed by atoms with Gasteiger partial charge in [-0.05, 0) is 35.9 Å². The molecule has 188 valence electrons. The number of benzene rings is 3. The lowest BCUT2D eigenvalue weighted by atomic mass is 10.0. The topological polar surface area (TPSA) is 114 Å². The summed E-state index contributed by atoms with van der Waals surface area (Å²) in [5.41, 5.74) is 1.27. The molecule has 3 aromatic carbocycles. The highest BCUT2D eigenvalue weighted by Gasteiger charge is 2.28. The minimum atomic E-state index is -4.31. The summed E-state index contributed by atoms with van der Waals surface area (Å²) in [6, 6.07) is 15.5. The molecule has 1 atom stereocenters. The molecule has 0 bridgehead atoms. The average molecular weight is 550 g/mol. The molecule has 1 unspecified atom stereocenters. The molecule has 0 fully saturated rings. The van der Waals surface area contributed by atoms with Gasteiger partial charge in [-0.15, -0.1) is 0 Å². The molecule has 9 nitrogen and oxygen atoms in total. The molecule has 2 N–H and O–H groups in total. The first kappa shape index (κ1) is 25.6. The predicted molar refractivity (Wildman–Crippen MR) is 135 cm³/mol. The lowest BCUT2D eigenvalue weighted by Gasteiger charge is -2.25. The number of anilines is 1. The number of halogens is 2. The lowest BCUT2D eigenvalue weighted by molar-refractivity contribution is -0.120. The van der Waals surface area contributed by atoms with Gasteiger partial charge in [0, 0.05) is 35.3 Å². The van der Waals surface area contributed by atoms with Crippen molar-refractivity contribution in [2.45, 2.75) is 17.4 Å². The molecular formula is C24H21Cl2N3O6S. The Bertz CT molecular complexity index is 1380. The van der Waals surface area contributed by atoms with Crippen LogP contribution in [-0.4, -0.2) is 40.2 Å². The standard InChI is InChI=1S/C24H21Cl2N3O6S/c1-29(18-7-8-21-22(13-18)35-14-34-21)23(30)20(9-15-5-3-2-4-6-15)27-24(31)28-36(32,33)19-11-16(25)10-17(26)12-19/h2-8,10-13,20H,9,14H2,1H3,(H2,27,28,31). The van der Waals surface area contributed by atoms with Gasteiger partial charge in [0.2, 0.25) is 12.7 Å². The number of ether oxygens (including phenoxy) is 2.